The molecule has 188 valence electrons. The van der Waals surface area contributed by atoms with E-state index in [1.54, 1.807) is 36.4 Å². The van der Waals surface area contributed by atoms with Gasteiger partial charge < -0.3 is 14.3 Å². The molecule has 1 atom stereocenters. The average Bonchev–Trinajstić information content (AvgIpc) is 3.42. The van der Waals surface area contributed by atoms with E-state index in [0.29, 0.717) is 22.3 Å². The molecule has 0 aliphatic carbocycles. The summed E-state index contributed by atoms with van der Waals surface area (Å²) in [5, 5.41) is 11.5. The van der Waals surface area contributed by atoms with Crippen LogP contribution < -0.4 is 9.64 Å². The SMILES string of the molecule is COc1cccc2cc(C(=O)C3=C(O)C(=O)N(c4ccc(C(F)(F)F)cc4)C3c3cccc(C)c3)oc12. The molecule has 1 aliphatic heterocycles. The molecule has 0 fully saturated rings. The topological polar surface area (TPSA) is 80.0 Å². The van der Waals surface area contributed by atoms with Gasteiger partial charge in [-0.1, -0.05) is 42.0 Å². The van der Waals surface area contributed by atoms with Crippen LogP contribution in [0.4, 0.5) is 18.9 Å². The van der Waals surface area contributed by atoms with Crippen molar-refractivity contribution in [1.29, 1.82) is 0 Å². The van der Waals surface area contributed by atoms with Gasteiger partial charge in [0.2, 0.25) is 5.78 Å². The van der Waals surface area contributed by atoms with Gasteiger partial charge in [-0.2, -0.15) is 13.2 Å². The molecule has 0 spiro atoms. The summed E-state index contributed by atoms with van der Waals surface area (Å²) in [5.74, 6) is -2.17. The number of amides is 1. The number of nitrogens with zero attached hydrogens (tertiary/aromatic N) is 1. The predicted octanol–water partition coefficient (Wildman–Crippen LogP) is 6.55. The van der Waals surface area contributed by atoms with Gasteiger partial charge in [-0.3, -0.25) is 14.5 Å². The number of ether oxygens (including phenoxy) is 1. The molecule has 1 aliphatic rings. The van der Waals surface area contributed by atoms with E-state index in [1.165, 1.54) is 13.2 Å². The van der Waals surface area contributed by atoms with Gasteiger partial charge in [0, 0.05) is 11.1 Å². The van der Waals surface area contributed by atoms with Crippen LogP contribution in [0.5, 0.6) is 5.75 Å². The van der Waals surface area contributed by atoms with Gasteiger partial charge in [-0.25, -0.2) is 0 Å². The Bertz CT molecular complexity index is 1570. The number of fused-ring (bicyclic) bond motifs is 1. The van der Waals surface area contributed by atoms with E-state index in [-0.39, 0.29) is 17.0 Å². The van der Waals surface area contributed by atoms with E-state index >= 15 is 0 Å². The van der Waals surface area contributed by atoms with Crippen molar-refractivity contribution >= 4 is 28.3 Å². The number of carbonyl (C=O) groups is 2. The van der Waals surface area contributed by atoms with Crippen LogP contribution in [0.15, 0.2) is 88.5 Å². The van der Waals surface area contributed by atoms with Gasteiger partial charge in [0.1, 0.15) is 0 Å². The minimum Gasteiger partial charge on any atom is -0.503 e. The normalized spacial score (nSPS) is 16.1. The lowest BCUT2D eigenvalue weighted by atomic mass is 9.93. The molecule has 6 nitrogen and oxygen atoms in total. The third-order valence-electron chi connectivity index (χ3n) is 6.24. The number of aryl methyl sites for hydroxylation is 1. The van der Waals surface area contributed by atoms with Crippen LogP contribution in [0.2, 0.25) is 0 Å². The van der Waals surface area contributed by atoms with E-state index in [9.17, 15) is 27.9 Å². The first-order chi connectivity index (χ1) is 17.6. The van der Waals surface area contributed by atoms with E-state index < -0.39 is 35.2 Å². The number of alkyl halides is 3. The molecule has 1 unspecified atom stereocenters. The standard InChI is InChI=1S/C28H20F3NO5/c1-15-5-3-6-16(13-15)23-22(24(33)21-14-17-7-4-8-20(36-2)26(17)37-21)25(34)27(35)32(23)19-11-9-18(10-12-19)28(29,30)31/h3-14,23,34H,1-2H3. The first kappa shape index (κ1) is 24.2. The quantitative estimate of drug-likeness (QED) is 0.310. The fraction of sp³-hybridized carbons (Fsp3) is 0.143. The summed E-state index contributed by atoms with van der Waals surface area (Å²) in [4.78, 5) is 28.1. The van der Waals surface area contributed by atoms with Gasteiger partial charge in [0.25, 0.3) is 5.91 Å². The van der Waals surface area contributed by atoms with Crippen molar-refractivity contribution in [3.05, 3.63) is 107 Å². The Labute approximate surface area is 209 Å². The Morgan fingerprint density at radius 2 is 1.73 bits per heavy atom. The number of furan rings is 1. The second-order valence-corrected chi connectivity index (χ2v) is 8.62. The Balaban J connectivity index is 1.64. The Hall–Kier alpha value is -4.53. The summed E-state index contributed by atoms with van der Waals surface area (Å²) in [6, 6.07) is 16.4. The smallest absolute Gasteiger partial charge is 0.416 e. The Morgan fingerprint density at radius 1 is 1.03 bits per heavy atom. The zero-order valence-corrected chi connectivity index (χ0v) is 19.7. The minimum atomic E-state index is -4.56. The molecular formula is C28H20F3NO5. The maximum absolute atomic E-state index is 13.7. The number of carbonyl (C=O) groups excluding carboxylic acids is 2. The lowest BCUT2D eigenvalue weighted by molar-refractivity contribution is -0.137. The number of hydrogen-bond donors (Lipinski definition) is 1. The predicted molar refractivity (Wildman–Crippen MR) is 130 cm³/mol. The molecular weight excluding hydrogens is 487 g/mol. The van der Waals surface area contributed by atoms with Crippen molar-refractivity contribution < 1.29 is 37.0 Å². The molecule has 0 bridgehead atoms. The number of Topliss-reactive ketones (excluding diaryl/α,β-unsaturated/α-hetero) is 1. The number of halogens is 3. The van der Waals surface area contributed by atoms with Crippen molar-refractivity contribution in [1.82, 2.24) is 0 Å². The highest BCUT2D eigenvalue weighted by Gasteiger charge is 2.45. The van der Waals surface area contributed by atoms with Crippen LogP contribution in [-0.4, -0.2) is 23.9 Å². The maximum Gasteiger partial charge on any atom is 0.416 e. The number of aliphatic hydroxyl groups is 1. The molecule has 0 saturated heterocycles. The highest BCUT2D eigenvalue weighted by Crippen LogP contribution is 2.43. The number of ketones is 1. The highest BCUT2D eigenvalue weighted by molar-refractivity contribution is 6.20. The fourth-order valence-electron chi connectivity index (χ4n) is 4.51. The number of anilines is 1. The zero-order valence-electron chi connectivity index (χ0n) is 19.7. The number of rotatable bonds is 5. The Morgan fingerprint density at radius 3 is 2.38 bits per heavy atom. The van der Waals surface area contributed by atoms with Crippen LogP contribution in [0.1, 0.15) is 33.3 Å². The van der Waals surface area contributed by atoms with Crippen LogP contribution in [-0.2, 0) is 11.0 Å². The number of hydrogen-bond acceptors (Lipinski definition) is 5. The maximum atomic E-state index is 13.7. The van der Waals surface area contributed by atoms with Gasteiger partial charge >= 0.3 is 6.18 Å². The summed E-state index contributed by atoms with van der Waals surface area (Å²) in [6.07, 6.45) is -4.56. The molecule has 3 aromatic carbocycles. The van der Waals surface area contributed by atoms with Crippen molar-refractivity contribution in [2.75, 3.05) is 12.0 Å². The molecule has 1 N–H and O–H groups in total. The number of aliphatic hydroxyl groups excluding tert-OH is 1. The largest absolute Gasteiger partial charge is 0.503 e. The van der Waals surface area contributed by atoms with E-state index in [0.717, 1.165) is 34.7 Å². The molecule has 1 amide bonds. The van der Waals surface area contributed by atoms with Gasteiger partial charge in [-0.05, 0) is 48.9 Å². The van der Waals surface area contributed by atoms with E-state index in [4.69, 9.17) is 9.15 Å². The first-order valence-corrected chi connectivity index (χ1v) is 11.2. The van der Waals surface area contributed by atoms with Crippen molar-refractivity contribution in [3.63, 3.8) is 0 Å². The summed E-state index contributed by atoms with van der Waals surface area (Å²) < 4.78 is 50.4. The molecule has 0 radical (unpaired) electrons. The van der Waals surface area contributed by atoms with Gasteiger partial charge in [0.05, 0.1) is 24.3 Å². The molecule has 0 saturated carbocycles. The van der Waals surface area contributed by atoms with Crippen LogP contribution >= 0.6 is 0 Å². The van der Waals surface area contributed by atoms with Crippen LogP contribution in [0, 0.1) is 6.92 Å². The molecule has 2 heterocycles. The third-order valence-corrected chi connectivity index (χ3v) is 6.24. The number of benzene rings is 3. The monoisotopic (exact) mass is 507 g/mol. The fourth-order valence-corrected chi connectivity index (χ4v) is 4.51. The second-order valence-electron chi connectivity index (χ2n) is 8.62. The summed E-state index contributed by atoms with van der Waals surface area (Å²) in [5.41, 5.74) is 0.598. The summed E-state index contributed by atoms with van der Waals surface area (Å²) >= 11 is 0. The van der Waals surface area contributed by atoms with Gasteiger partial charge in [-0.15, -0.1) is 0 Å². The van der Waals surface area contributed by atoms with Crippen LogP contribution in [0.3, 0.4) is 0 Å². The molecule has 9 heteroatoms. The van der Waals surface area contributed by atoms with Crippen molar-refractivity contribution in [2.45, 2.75) is 19.1 Å². The number of methoxy groups -OCH3 is 1. The molecule has 1 aromatic heterocycles. The van der Waals surface area contributed by atoms with E-state index in [2.05, 4.69) is 0 Å². The lowest BCUT2D eigenvalue weighted by Crippen LogP contribution is -2.31. The van der Waals surface area contributed by atoms with Crippen molar-refractivity contribution in [2.24, 2.45) is 0 Å². The average molecular weight is 507 g/mol. The lowest BCUT2D eigenvalue weighted by Gasteiger charge is -2.27. The van der Waals surface area contributed by atoms with Crippen LogP contribution in [0.25, 0.3) is 11.0 Å². The molecule has 37 heavy (non-hydrogen) atoms. The van der Waals surface area contributed by atoms with Crippen molar-refractivity contribution in [3.8, 4) is 5.75 Å². The number of para-hydroxylation sites is 1. The zero-order chi connectivity index (χ0) is 26.5. The molecule has 4 aromatic rings. The summed E-state index contributed by atoms with van der Waals surface area (Å²) in [7, 11) is 1.46. The second kappa shape index (κ2) is 8.85. The Kier molecular flexibility index (Phi) is 5.78. The minimum absolute atomic E-state index is 0.0881. The first-order valence-electron chi connectivity index (χ1n) is 11.2. The highest BCUT2D eigenvalue weighted by atomic mass is 19.4. The van der Waals surface area contributed by atoms with Gasteiger partial charge in [0.15, 0.2) is 22.9 Å². The van der Waals surface area contributed by atoms with E-state index in [1.807, 2.05) is 13.0 Å². The molecule has 5 rings (SSSR count). The summed E-state index contributed by atoms with van der Waals surface area (Å²) in [6.45, 7) is 1.82. The third kappa shape index (κ3) is 4.12.